The summed E-state index contributed by atoms with van der Waals surface area (Å²) in [6.45, 7) is 4.61. The lowest BCUT2D eigenvalue weighted by atomic mass is 10.1. The standard InChI is InChI=1S/C19H20N4O/c1-14-17(11-13-21-19(24)18-10-6-7-12-20-18)15(2)23(22-14)16-8-4-3-5-9-16/h3-10,12H,11,13H2,1-2H3,(H,21,24). The summed E-state index contributed by atoms with van der Waals surface area (Å²) in [7, 11) is 0. The van der Waals surface area contributed by atoms with E-state index in [1.54, 1.807) is 24.4 Å². The van der Waals surface area contributed by atoms with Crippen LogP contribution in [0.5, 0.6) is 0 Å². The molecule has 0 aliphatic rings. The predicted molar refractivity (Wildman–Crippen MR) is 93.3 cm³/mol. The lowest BCUT2D eigenvalue weighted by Crippen LogP contribution is -2.26. The first-order valence-electron chi connectivity index (χ1n) is 7.96. The van der Waals surface area contributed by atoms with Crippen LogP contribution in [0.3, 0.4) is 0 Å². The molecule has 1 aromatic carbocycles. The molecule has 1 N–H and O–H groups in total. The summed E-state index contributed by atoms with van der Waals surface area (Å²) in [6, 6.07) is 15.4. The summed E-state index contributed by atoms with van der Waals surface area (Å²) in [5.41, 5.74) is 4.74. The van der Waals surface area contributed by atoms with Crippen molar-refractivity contribution in [1.82, 2.24) is 20.1 Å². The zero-order chi connectivity index (χ0) is 16.9. The maximum atomic E-state index is 12.0. The summed E-state index contributed by atoms with van der Waals surface area (Å²) in [5, 5.41) is 7.54. The number of benzene rings is 1. The van der Waals surface area contributed by atoms with Crippen LogP contribution in [0.25, 0.3) is 5.69 Å². The van der Waals surface area contributed by atoms with Crippen LogP contribution in [0.4, 0.5) is 0 Å². The third-order valence-corrected chi connectivity index (χ3v) is 4.00. The van der Waals surface area contributed by atoms with Crippen LogP contribution < -0.4 is 5.32 Å². The molecule has 5 heteroatoms. The number of aromatic nitrogens is 3. The first-order valence-corrected chi connectivity index (χ1v) is 7.96. The van der Waals surface area contributed by atoms with Crippen molar-refractivity contribution < 1.29 is 4.79 Å². The number of rotatable bonds is 5. The van der Waals surface area contributed by atoms with Gasteiger partial charge in [-0.3, -0.25) is 9.78 Å². The second-order valence-corrected chi connectivity index (χ2v) is 5.62. The van der Waals surface area contributed by atoms with Gasteiger partial charge in [-0.15, -0.1) is 0 Å². The van der Waals surface area contributed by atoms with Gasteiger partial charge in [-0.05, 0) is 50.1 Å². The molecule has 122 valence electrons. The van der Waals surface area contributed by atoms with Gasteiger partial charge in [-0.1, -0.05) is 24.3 Å². The Labute approximate surface area is 141 Å². The van der Waals surface area contributed by atoms with Gasteiger partial charge < -0.3 is 5.32 Å². The fraction of sp³-hybridized carbons (Fsp3) is 0.211. The molecule has 2 heterocycles. The predicted octanol–water partition coefficient (Wildman–Crippen LogP) is 2.86. The van der Waals surface area contributed by atoms with Crippen molar-refractivity contribution in [3.63, 3.8) is 0 Å². The van der Waals surface area contributed by atoms with Gasteiger partial charge in [0.1, 0.15) is 5.69 Å². The summed E-state index contributed by atoms with van der Waals surface area (Å²) in [4.78, 5) is 16.1. The third kappa shape index (κ3) is 3.35. The molecule has 0 bridgehead atoms. The number of hydrogen-bond donors (Lipinski definition) is 1. The van der Waals surface area contributed by atoms with Crippen LogP contribution in [0.2, 0.25) is 0 Å². The molecular formula is C19H20N4O. The van der Waals surface area contributed by atoms with Gasteiger partial charge >= 0.3 is 0 Å². The first-order chi connectivity index (χ1) is 11.7. The Kier molecular flexibility index (Phi) is 4.70. The smallest absolute Gasteiger partial charge is 0.269 e. The molecule has 2 aromatic heterocycles. The van der Waals surface area contributed by atoms with E-state index in [0.29, 0.717) is 12.2 Å². The second kappa shape index (κ2) is 7.08. The molecule has 3 aromatic rings. The van der Waals surface area contributed by atoms with Gasteiger partial charge in [-0.25, -0.2) is 4.68 Å². The summed E-state index contributed by atoms with van der Waals surface area (Å²) >= 11 is 0. The molecule has 0 unspecified atom stereocenters. The van der Waals surface area contributed by atoms with E-state index in [1.165, 1.54) is 5.56 Å². The summed E-state index contributed by atoms with van der Waals surface area (Å²) in [5.74, 6) is -0.152. The van der Waals surface area contributed by atoms with Crippen LogP contribution in [-0.2, 0) is 6.42 Å². The Morgan fingerprint density at radius 2 is 1.83 bits per heavy atom. The van der Waals surface area contributed by atoms with Gasteiger partial charge in [-0.2, -0.15) is 5.10 Å². The van der Waals surface area contributed by atoms with E-state index < -0.39 is 0 Å². The Hall–Kier alpha value is -2.95. The highest BCUT2D eigenvalue weighted by atomic mass is 16.1. The number of para-hydroxylation sites is 1. The van der Waals surface area contributed by atoms with E-state index in [2.05, 4.69) is 22.3 Å². The van der Waals surface area contributed by atoms with Crippen molar-refractivity contribution >= 4 is 5.91 Å². The van der Waals surface area contributed by atoms with E-state index in [0.717, 1.165) is 23.5 Å². The number of hydrogen-bond acceptors (Lipinski definition) is 3. The van der Waals surface area contributed by atoms with Crippen molar-refractivity contribution in [3.8, 4) is 5.69 Å². The van der Waals surface area contributed by atoms with Gasteiger partial charge in [0.05, 0.1) is 11.4 Å². The van der Waals surface area contributed by atoms with E-state index >= 15 is 0 Å². The zero-order valence-corrected chi connectivity index (χ0v) is 13.9. The zero-order valence-electron chi connectivity index (χ0n) is 13.9. The number of carbonyl (C=O) groups is 1. The highest BCUT2D eigenvalue weighted by Crippen LogP contribution is 2.18. The molecular weight excluding hydrogens is 300 g/mol. The third-order valence-electron chi connectivity index (χ3n) is 4.00. The van der Waals surface area contributed by atoms with E-state index in [1.807, 2.05) is 41.9 Å². The van der Waals surface area contributed by atoms with Gasteiger partial charge in [0.25, 0.3) is 5.91 Å². The SMILES string of the molecule is Cc1nn(-c2ccccc2)c(C)c1CCNC(=O)c1ccccn1. The maximum Gasteiger partial charge on any atom is 0.269 e. The van der Waals surface area contributed by atoms with E-state index in [-0.39, 0.29) is 5.91 Å². The van der Waals surface area contributed by atoms with Crippen LogP contribution >= 0.6 is 0 Å². The summed E-state index contributed by atoms with van der Waals surface area (Å²) < 4.78 is 1.95. The number of amides is 1. The number of nitrogens with one attached hydrogen (secondary N) is 1. The minimum atomic E-state index is -0.152. The lowest BCUT2D eigenvalue weighted by Gasteiger charge is -2.06. The number of pyridine rings is 1. The number of nitrogens with zero attached hydrogens (tertiary/aromatic N) is 3. The molecule has 3 rings (SSSR count). The van der Waals surface area contributed by atoms with Crippen molar-refractivity contribution in [2.24, 2.45) is 0 Å². The molecule has 0 radical (unpaired) electrons. The molecule has 0 saturated heterocycles. The van der Waals surface area contributed by atoms with Crippen molar-refractivity contribution in [2.45, 2.75) is 20.3 Å². The monoisotopic (exact) mass is 320 g/mol. The molecule has 0 aliphatic heterocycles. The molecule has 1 amide bonds. The van der Waals surface area contributed by atoms with Gasteiger partial charge in [0.2, 0.25) is 0 Å². The molecule has 24 heavy (non-hydrogen) atoms. The second-order valence-electron chi connectivity index (χ2n) is 5.62. The van der Waals surface area contributed by atoms with Crippen molar-refractivity contribution in [2.75, 3.05) is 6.54 Å². The van der Waals surface area contributed by atoms with Crippen LogP contribution in [-0.4, -0.2) is 27.2 Å². The lowest BCUT2D eigenvalue weighted by molar-refractivity contribution is 0.0949. The maximum absolute atomic E-state index is 12.0. The molecule has 0 fully saturated rings. The largest absolute Gasteiger partial charge is 0.350 e. The average Bonchev–Trinajstić information content (AvgIpc) is 2.91. The van der Waals surface area contributed by atoms with Crippen LogP contribution in [0.1, 0.15) is 27.4 Å². The number of carbonyl (C=O) groups excluding carboxylic acids is 1. The molecule has 0 aliphatic carbocycles. The Balaban J connectivity index is 1.68. The Bertz CT molecular complexity index is 825. The quantitative estimate of drug-likeness (QED) is 0.786. The highest BCUT2D eigenvalue weighted by Gasteiger charge is 2.13. The normalized spacial score (nSPS) is 10.6. The minimum Gasteiger partial charge on any atom is -0.350 e. The van der Waals surface area contributed by atoms with Gasteiger partial charge in [0, 0.05) is 18.4 Å². The van der Waals surface area contributed by atoms with E-state index in [9.17, 15) is 4.79 Å². The topological polar surface area (TPSA) is 59.8 Å². The van der Waals surface area contributed by atoms with Crippen LogP contribution in [0.15, 0.2) is 54.7 Å². The Morgan fingerprint density at radius 1 is 1.08 bits per heavy atom. The minimum absolute atomic E-state index is 0.152. The fourth-order valence-corrected chi connectivity index (χ4v) is 2.75. The molecule has 0 spiro atoms. The summed E-state index contributed by atoms with van der Waals surface area (Å²) in [6.07, 6.45) is 2.36. The number of aryl methyl sites for hydroxylation is 1. The van der Waals surface area contributed by atoms with Gasteiger partial charge in [0.15, 0.2) is 0 Å². The van der Waals surface area contributed by atoms with Crippen LogP contribution in [0, 0.1) is 13.8 Å². The molecule has 5 nitrogen and oxygen atoms in total. The first kappa shape index (κ1) is 15.9. The van der Waals surface area contributed by atoms with Crippen molar-refractivity contribution in [3.05, 3.63) is 77.4 Å². The molecule has 0 saturated carbocycles. The highest BCUT2D eigenvalue weighted by molar-refractivity contribution is 5.92. The molecule has 0 atom stereocenters. The average molecular weight is 320 g/mol. The Morgan fingerprint density at radius 3 is 2.54 bits per heavy atom. The van der Waals surface area contributed by atoms with E-state index in [4.69, 9.17) is 0 Å². The fourth-order valence-electron chi connectivity index (χ4n) is 2.75. The van der Waals surface area contributed by atoms with Crippen molar-refractivity contribution in [1.29, 1.82) is 0 Å².